The minimum atomic E-state index is -0.926. The molecule has 8 heteroatoms. The van der Waals surface area contributed by atoms with Crippen LogP contribution in [0.15, 0.2) is 30.3 Å². The number of ether oxygens (including phenoxy) is 1. The van der Waals surface area contributed by atoms with E-state index in [0.717, 1.165) is 24.1 Å². The molecular weight excluding hydrogens is 466 g/mol. The zero-order valence-electron chi connectivity index (χ0n) is 20.3. The molecule has 0 fully saturated rings. The summed E-state index contributed by atoms with van der Waals surface area (Å²) in [4.78, 5) is 29.0. The second-order valence-corrected chi connectivity index (χ2v) is 9.39. The van der Waals surface area contributed by atoms with Crippen molar-refractivity contribution in [3.63, 3.8) is 0 Å². The first-order valence-electron chi connectivity index (χ1n) is 11.7. The normalized spacial score (nSPS) is 12.0. The first kappa shape index (κ1) is 26.4. The van der Waals surface area contributed by atoms with Crippen LogP contribution in [0.2, 0.25) is 5.02 Å². The Labute approximate surface area is 210 Å². The minimum absolute atomic E-state index is 0.0728. The van der Waals surface area contributed by atoms with Gasteiger partial charge in [-0.15, -0.1) is 0 Å². The summed E-state index contributed by atoms with van der Waals surface area (Å²) in [5, 5.41) is 19.9. The Morgan fingerprint density at radius 1 is 1.26 bits per heavy atom. The third-order valence-corrected chi connectivity index (χ3v) is 6.27. The van der Waals surface area contributed by atoms with Crippen LogP contribution in [0.5, 0.6) is 0 Å². The molecule has 2 heterocycles. The summed E-state index contributed by atoms with van der Waals surface area (Å²) in [7, 11) is 1.88. The van der Waals surface area contributed by atoms with Gasteiger partial charge in [-0.1, -0.05) is 30.7 Å². The molecule has 1 unspecified atom stereocenters. The third kappa shape index (κ3) is 6.68. The van der Waals surface area contributed by atoms with E-state index in [2.05, 4.69) is 11.1 Å². The standard InChI is InChI=1S/C27H30ClN3O4/c1-17(12-25(33)34)11-24(32)26-22-14-20(15-29)18(2)30-27(22)31(3)23(26)9-4-5-10-35-16-19-7-6-8-21(28)13-19/h6-8,13-14,17H,4-5,9-12,16H2,1-3H3,(H,33,34). The van der Waals surface area contributed by atoms with Crippen LogP contribution in [0.25, 0.3) is 11.0 Å². The second-order valence-electron chi connectivity index (χ2n) is 8.95. The molecule has 184 valence electrons. The van der Waals surface area contributed by atoms with E-state index in [1.54, 1.807) is 19.9 Å². The van der Waals surface area contributed by atoms with Crippen molar-refractivity contribution < 1.29 is 19.4 Å². The van der Waals surface area contributed by atoms with E-state index >= 15 is 0 Å². The number of rotatable bonds is 12. The summed E-state index contributed by atoms with van der Waals surface area (Å²) >= 11 is 6.01. The van der Waals surface area contributed by atoms with Gasteiger partial charge in [0.2, 0.25) is 0 Å². The SMILES string of the molecule is Cc1nc2c(cc1C#N)c(C(=O)CC(C)CC(=O)O)c(CCCCOCc1cccc(Cl)c1)n2C. The van der Waals surface area contributed by atoms with Crippen molar-refractivity contribution in [1.29, 1.82) is 5.26 Å². The van der Waals surface area contributed by atoms with Gasteiger partial charge in [-0.25, -0.2) is 4.98 Å². The topological polar surface area (TPSA) is 105 Å². The number of benzene rings is 1. The van der Waals surface area contributed by atoms with Gasteiger partial charge in [-0.3, -0.25) is 9.59 Å². The smallest absolute Gasteiger partial charge is 0.303 e. The summed E-state index contributed by atoms with van der Waals surface area (Å²) in [6.07, 6.45) is 2.30. The number of carboxylic acids is 1. The predicted octanol–water partition coefficient (Wildman–Crippen LogP) is 5.63. The summed E-state index contributed by atoms with van der Waals surface area (Å²) in [6, 6.07) is 11.4. The maximum absolute atomic E-state index is 13.3. The van der Waals surface area contributed by atoms with E-state index in [1.165, 1.54) is 0 Å². The minimum Gasteiger partial charge on any atom is -0.481 e. The Morgan fingerprint density at radius 2 is 2.03 bits per heavy atom. The highest BCUT2D eigenvalue weighted by Gasteiger charge is 2.24. The molecule has 1 N–H and O–H groups in total. The number of nitriles is 1. The second kappa shape index (κ2) is 12.0. The fourth-order valence-corrected chi connectivity index (χ4v) is 4.52. The van der Waals surface area contributed by atoms with Crippen molar-refractivity contribution in [3.8, 4) is 6.07 Å². The Kier molecular flexibility index (Phi) is 9.02. The molecule has 35 heavy (non-hydrogen) atoms. The van der Waals surface area contributed by atoms with Crippen LogP contribution in [0.4, 0.5) is 0 Å². The van der Waals surface area contributed by atoms with E-state index in [-0.39, 0.29) is 24.5 Å². The molecule has 7 nitrogen and oxygen atoms in total. The van der Waals surface area contributed by atoms with Gasteiger partial charge in [0.05, 0.1) is 17.9 Å². The van der Waals surface area contributed by atoms with Crippen LogP contribution in [0, 0.1) is 24.2 Å². The number of aliphatic carboxylic acids is 1. The lowest BCUT2D eigenvalue weighted by Crippen LogP contribution is -2.12. The molecule has 3 aromatic rings. The summed E-state index contributed by atoms with van der Waals surface area (Å²) in [5.74, 6) is -1.34. The number of carbonyl (C=O) groups excluding carboxylic acids is 1. The average Bonchev–Trinajstić information content (AvgIpc) is 3.05. The molecule has 1 aromatic carbocycles. The molecule has 2 aromatic heterocycles. The number of ketones is 1. The Morgan fingerprint density at radius 3 is 2.71 bits per heavy atom. The summed E-state index contributed by atoms with van der Waals surface area (Å²) in [5.41, 5.74) is 4.11. The molecule has 3 rings (SSSR count). The molecular formula is C27H30ClN3O4. The Bertz CT molecular complexity index is 1280. The molecule has 0 spiro atoms. The zero-order chi connectivity index (χ0) is 25.5. The number of halogens is 1. The number of pyridine rings is 1. The van der Waals surface area contributed by atoms with Gasteiger partial charge in [0, 0.05) is 48.2 Å². The van der Waals surface area contributed by atoms with Crippen LogP contribution >= 0.6 is 11.6 Å². The molecule has 1 atom stereocenters. The van der Waals surface area contributed by atoms with E-state index < -0.39 is 5.97 Å². The number of carbonyl (C=O) groups is 2. The number of carboxylic acid groups (broad SMARTS) is 1. The van der Waals surface area contributed by atoms with Crippen LogP contribution in [-0.4, -0.2) is 33.0 Å². The average molecular weight is 496 g/mol. The van der Waals surface area contributed by atoms with Crippen LogP contribution in [-0.2, 0) is 29.6 Å². The van der Waals surface area contributed by atoms with Crippen molar-refractivity contribution in [3.05, 3.63) is 63.4 Å². The molecule has 0 saturated carbocycles. The van der Waals surface area contributed by atoms with Crippen LogP contribution in [0.1, 0.15) is 65.5 Å². The van der Waals surface area contributed by atoms with Gasteiger partial charge in [-0.2, -0.15) is 5.26 Å². The van der Waals surface area contributed by atoms with Gasteiger partial charge in [-0.05, 0) is 55.9 Å². The highest BCUT2D eigenvalue weighted by Crippen LogP contribution is 2.30. The van der Waals surface area contributed by atoms with E-state index in [4.69, 9.17) is 21.4 Å². The fraction of sp³-hybridized carbons (Fsp3) is 0.407. The van der Waals surface area contributed by atoms with E-state index in [1.807, 2.05) is 35.9 Å². The molecule has 0 bridgehead atoms. The lowest BCUT2D eigenvalue weighted by atomic mass is 9.94. The summed E-state index contributed by atoms with van der Waals surface area (Å²) in [6.45, 7) is 4.60. The highest BCUT2D eigenvalue weighted by molar-refractivity contribution is 6.30. The number of fused-ring (bicyclic) bond motifs is 1. The maximum atomic E-state index is 13.3. The van der Waals surface area contributed by atoms with Crippen LogP contribution < -0.4 is 0 Å². The van der Waals surface area contributed by atoms with Gasteiger partial charge >= 0.3 is 5.97 Å². The number of aromatic nitrogens is 2. The quantitative estimate of drug-likeness (QED) is 0.258. The van der Waals surface area contributed by atoms with Crippen molar-refractivity contribution in [2.45, 2.75) is 52.6 Å². The number of aryl methyl sites for hydroxylation is 2. The van der Waals surface area contributed by atoms with Gasteiger partial charge in [0.25, 0.3) is 0 Å². The number of unbranched alkanes of at least 4 members (excludes halogenated alkanes) is 1. The lowest BCUT2D eigenvalue weighted by Gasteiger charge is -2.11. The lowest BCUT2D eigenvalue weighted by molar-refractivity contribution is -0.137. The molecule has 0 aliphatic rings. The number of hydrogen-bond donors (Lipinski definition) is 1. The fourth-order valence-electron chi connectivity index (χ4n) is 4.30. The van der Waals surface area contributed by atoms with Crippen LogP contribution in [0.3, 0.4) is 0 Å². The molecule has 0 amide bonds. The molecule has 0 aliphatic carbocycles. The molecule has 0 aliphatic heterocycles. The van der Waals surface area contributed by atoms with Gasteiger partial charge < -0.3 is 14.4 Å². The van der Waals surface area contributed by atoms with Crippen molar-refractivity contribution in [2.24, 2.45) is 13.0 Å². The Hall–Kier alpha value is -3.21. The number of Topliss-reactive ketones (excluding diaryl/α,β-unsaturated/α-hetero) is 1. The van der Waals surface area contributed by atoms with Crippen molar-refractivity contribution in [2.75, 3.05) is 6.61 Å². The molecule has 0 saturated heterocycles. The van der Waals surface area contributed by atoms with Crippen molar-refractivity contribution in [1.82, 2.24) is 9.55 Å². The summed E-state index contributed by atoms with van der Waals surface area (Å²) < 4.78 is 7.70. The monoisotopic (exact) mass is 495 g/mol. The van der Waals surface area contributed by atoms with Gasteiger partial charge in [0.15, 0.2) is 5.78 Å². The molecule has 0 radical (unpaired) electrons. The first-order chi connectivity index (χ1) is 16.7. The third-order valence-electron chi connectivity index (χ3n) is 6.04. The number of hydrogen-bond acceptors (Lipinski definition) is 5. The first-order valence-corrected chi connectivity index (χ1v) is 12.0. The highest BCUT2D eigenvalue weighted by atomic mass is 35.5. The Balaban J connectivity index is 1.76. The van der Waals surface area contributed by atoms with E-state index in [0.29, 0.717) is 52.5 Å². The predicted molar refractivity (Wildman–Crippen MR) is 135 cm³/mol. The maximum Gasteiger partial charge on any atom is 0.303 e. The largest absolute Gasteiger partial charge is 0.481 e. The van der Waals surface area contributed by atoms with Crippen molar-refractivity contribution >= 4 is 34.4 Å². The van der Waals surface area contributed by atoms with E-state index in [9.17, 15) is 14.9 Å². The zero-order valence-corrected chi connectivity index (χ0v) is 21.1. The van der Waals surface area contributed by atoms with Gasteiger partial charge in [0.1, 0.15) is 11.7 Å². The number of nitrogens with zero attached hydrogens (tertiary/aromatic N) is 3.